The number of hydrazone groups is 1. The van der Waals surface area contributed by atoms with Crippen molar-refractivity contribution in [2.24, 2.45) is 5.10 Å². The molecule has 2 N–H and O–H groups in total. The quantitative estimate of drug-likeness (QED) is 0.308. The van der Waals surface area contributed by atoms with Crippen LogP contribution in [0.1, 0.15) is 18.2 Å². The highest BCUT2D eigenvalue weighted by atomic mass is 32.1. The van der Waals surface area contributed by atoms with Crippen LogP contribution in [-0.4, -0.2) is 40.9 Å². The first-order valence-electron chi connectivity index (χ1n) is 7.39. The number of nitro groups is 1. The summed E-state index contributed by atoms with van der Waals surface area (Å²) in [5.41, 5.74) is 3.12. The number of hydrogen-bond donors (Lipinski definition) is 2. The van der Waals surface area contributed by atoms with Crippen molar-refractivity contribution in [1.82, 2.24) is 4.98 Å². The number of nitrogens with zero attached hydrogens (tertiary/aromatic N) is 3. The lowest BCUT2D eigenvalue weighted by Crippen LogP contribution is -2.07. The topological polar surface area (TPSA) is 136 Å². The Morgan fingerprint density at radius 2 is 2.31 bits per heavy atom. The Labute approximate surface area is 152 Å². The third kappa shape index (κ3) is 4.89. The van der Waals surface area contributed by atoms with E-state index in [1.807, 2.05) is 0 Å². The summed E-state index contributed by atoms with van der Waals surface area (Å²) in [6.45, 7) is 2.03. The molecule has 0 unspecified atom stereocenters. The maximum Gasteiger partial charge on any atom is 0.315 e. The van der Waals surface area contributed by atoms with Gasteiger partial charge in [0.25, 0.3) is 0 Å². The molecule has 0 bridgehead atoms. The predicted octanol–water partition coefficient (Wildman–Crippen LogP) is 2.32. The second kappa shape index (κ2) is 8.76. The van der Waals surface area contributed by atoms with Crippen LogP contribution in [0.3, 0.4) is 0 Å². The summed E-state index contributed by atoms with van der Waals surface area (Å²) in [6.07, 6.45) is 1.35. The van der Waals surface area contributed by atoms with E-state index in [0.717, 1.165) is 0 Å². The number of phenols is 1. The standard InChI is InChI=1S/C15H16N4O6S/c1-3-25-13(21)6-10-8-26-15(17-10)18-16-7-9-4-11(19(22)23)14(24-2)12(20)5-9/h4-5,7-8,20H,3,6H2,1-2H3,(H,17,18). The van der Waals surface area contributed by atoms with Gasteiger partial charge in [-0.25, -0.2) is 4.98 Å². The molecular formula is C15H16N4O6S. The van der Waals surface area contributed by atoms with E-state index in [-0.39, 0.29) is 29.6 Å². The second-order valence-corrected chi connectivity index (χ2v) is 5.70. The van der Waals surface area contributed by atoms with E-state index in [2.05, 4.69) is 15.5 Å². The molecule has 0 aliphatic carbocycles. The van der Waals surface area contributed by atoms with Gasteiger partial charge in [-0.3, -0.25) is 20.3 Å². The van der Waals surface area contributed by atoms with Gasteiger partial charge in [0.05, 0.1) is 37.0 Å². The minimum absolute atomic E-state index is 0.0638. The van der Waals surface area contributed by atoms with E-state index >= 15 is 0 Å². The van der Waals surface area contributed by atoms with Crippen molar-refractivity contribution in [3.63, 3.8) is 0 Å². The van der Waals surface area contributed by atoms with Crippen LogP contribution in [0.5, 0.6) is 11.5 Å². The molecule has 0 aliphatic heterocycles. The average molecular weight is 380 g/mol. The van der Waals surface area contributed by atoms with E-state index in [1.165, 1.54) is 36.8 Å². The molecule has 0 fully saturated rings. The number of nitrogens with one attached hydrogen (secondary N) is 1. The van der Waals surface area contributed by atoms with E-state index in [1.54, 1.807) is 12.3 Å². The van der Waals surface area contributed by atoms with Crippen molar-refractivity contribution in [3.05, 3.63) is 38.9 Å². The number of thiazole rings is 1. The average Bonchev–Trinajstić information content (AvgIpc) is 3.01. The molecule has 0 spiro atoms. The normalized spacial score (nSPS) is 10.7. The van der Waals surface area contributed by atoms with Crippen molar-refractivity contribution >= 4 is 34.3 Å². The van der Waals surface area contributed by atoms with Gasteiger partial charge in [-0.05, 0) is 13.0 Å². The molecule has 26 heavy (non-hydrogen) atoms. The monoisotopic (exact) mass is 380 g/mol. The number of esters is 1. The summed E-state index contributed by atoms with van der Waals surface area (Å²) in [6, 6.07) is 2.50. The predicted molar refractivity (Wildman–Crippen MR) is 95.0 cm³/mol. The number of carbonyl (C=O) groups excluding carboxylic acids is 1. The van der Waals surface area contributed by atoms with Crippen molar-refractivity contribution < 1.29 is 24.3 Å². The van der Waals surface area contributed by atoms with Gasteiger partial charge < -0.3 is 14.6 Å². The van der Waals surface area contributed by atoms with E-state index in [9.17, 15) is 20.0 Å². The van der Waals surface area contributed by atoms with Gasteiger partial charge in [-0.2, -0.15) is 5.10 Å². The lowest BCUT2D eigenvalue weighted by atomic mass is 10.2. The first-order chi connectivity index (χ1) is 12.4. The lowest BCUT2D eigenvalue weighted by molar-refractivity contribution is -0.385. The fraction of sp³-hybridized carbons (Fsp3) is 0.267. The van der Waals surface area contributed by atoms with Crippen LogP contribution < -0.4 is 10.2 Å². The Morgan fingerprint density at radius 3 is 2.96 bits per heavy atom. The fourth-order valence-corrected chi connectivity index (χ4v) is 2.66. The molecule has 1 heterocycles. The number of benzene rings is 1. The molecule has 1 aromatic heterocycles. The largest absolute Gasteiger partial charge is 0.504 e. The van der Waals surface area contributed by atoms with Crippen molar-refractivity contribution in [1.29, 1.82) is 0 Å². The Bertz CT molecular complexity index is 836. The van der Waals surface area contributed by atoms with Gasteiger partial charge in [0.1, 0.15) is 0 Å². The number of hydrogen-bond acceptors (Lipinski definition) is 10. The van der Waals surface area contributed by atoms with E-state index in [4.69, 9.17) is 9.47 Å². The molecule has 2 aromatic rings. The number of nitro benzene ring substituents is 1. The van der Waals surface area contributed by atoms with Gasteiger partial charge >= 0.3 is 11.7 Å². The zero-order valence-corrected chi connectivity index (χ0v) is 14.8. The molecule has 0 radical (unpaired) electrons. The summed E-state index contributed by atoms with van der Waals surface area (Å²) < 4.78 is 9.66. The third-order valence-electron chi connectivity index (χ3n) is 3.03. The Morgan fingerprint density at radius 1 is 1.54 bits per heavy atom. The Balaban J connectivity index is 2.06. The van der Waals surface area contributed by atoms with Gasteiger partial charge in [-0.1, -0.05) is 0 Å². The first kappa shape index (κ1) is 19.1. The number of rotatable bonds is 8. The van der Waals surface area contributed by atoms with Crippen LogP contribution >= 0.6 is 11.3 Å². The van der Waals surface area contributed by atoms with Gasteiger partial charge in [-0.15, -0.1) is 11.3 Å². The minimum Gasteiger partial charge on any atom is -0.504 e. The number of carbonyl (C=O) groups is 1. The lowest BCUT2D eigenvalue weighted by Gasteiger charge is -2.05. The first-order valence-corrected chi connectivity index (χ1v) is 8.27. The van der Waals surface area contributed by atoms with Gasteiger partial charge in [0, 0.05) is 17.0 Å². The van der Waals surface area contributed by atoms with E-state index < -0.39 is 4.92 Å². The maximum atomic E-state index is 11.4. The van der Waals surface area contributed by atoms with Gasteiger partial charge in [0.15, 0.2) is 5.75 Å². The van der Waals surface area contributed by atoms with Crippen LogP contribution in [0, 0.1) is 10.1 Å². The van der Waals surface area contributed by atoms with Crippen LogP contribution in [0.25, 0.3) is 0 Å². The number of anilines is 1. The molecular weight excluding hydrogens is 364 g/mol. The molecule has 11 heteroatoms. The maximum absolute atomic E-state index is 11.4. The Kier molecular flexibility index (Phi) is 6.44. The van der Waals surface area contributed by atoms with E-state index in [0.29, 0.717) is 23.0 Å². The summed E-state index contributed by atoms with van der Waals surface area (Å²) >= 11 is 1.24. The van der Waals surface area contributed by atoms with Crippen molar-refractivity contribution in [2.75, 3.05) is 19.1 Å². The second-order valence-electron chi connectivity index (χ2n) is 4.85. The molecule has 2 rings (SSSR count). The molecule has 0 saturated heterocycles. The smallest absolute Gasteiger partial charge is 0.315 e. The molecule has 1 aromatic carbocycles. The number of phenolic OH excluding ortho intramolecular Hbond substituents is 1. The molecule has 0 aliphatic rings. The highest BCUT2D eigenvalue weighted by molar-refractivity contribution is 7.13. The zero-order valence-electron chi connectivity index (χ0n) is 14.0. The molecule has 0 atom stereocenters. The number of methoxy groups -OCH3 is 1. The number of ether oxygens (including phenoxy) is 2. The molecule has 0 saturated carbocycles. The van der Waals surface area contributed by atoms with Crippen LogP contribution in [0.2, 0.25) is 0 Å². The highest BCUT2D eigenvalue weighted by Crippen LogP contribution is 2.36. The summed E-state index contributed by atoms with van der Waals surface area (Å²) in [7, 11) is 1.23. The number of aromatic nitrogens is 1. The summed E-state index contributed by atoms with van der Waals surface area (Å²) in [4.78, 5) is 25.9. The molecule has 0 amide bonds. The minimum atomic E-state index is -0.661. The molecule has 10 nitrogen and oxygen atoms in total. The van der Waals surface area contributed by atoms with Crippen LogP contribution in [0.4, 0.5) is 10.8 Å². The highest BCUT2D eigenvalue weighted by Gasteiger charge is 2.20. The summed E-state index contributed by atoms with van der Waals surface area (Å²) in [5, 5.41) is 26.9. The number of aromatic hydroxyl groups is 1. The van der Waals surface area contributed by atoms with Crippen molar-refractivity contribution in [2.45, 2.75) is 13.3 Å². The molecule has 138 valence electrons. The Hall–Kier alpha value is -3.21. The van der Waals surface area contributed by atoms with Crippen LogP contribution in [0.15, 0.2) is 22.6 Å². The van der Waals surface area contributed by atoms with Crippen LogP contribution in [-0.2, 0) is 16.0 Å². The fourth-order valence-electron chi connectivity index (χ4n) is 2.00. The van der Waals surface area contributed by atoms with Crippen molar-refractivity contribution in [3.8, 4) is 11.5 Å². The SMILES string of the molecule is CCOC(=O)Cc1csc(NN=Cc2cc(O)c(OC)c([N+](=O)[O-])c2)n1. The summed E-state index contributed by atoms with van der Waals surface area (Å²) in [5.74, 6) is -0.952. The van der Waals surface area contributed by atoms with Gasteiger partial charge in [0.2, 0.25) is 10.9 Å². The zero-order chi connectivity index (χ0) is 19.1. The third-order valence-corrected chi connectivity index (χ3v) is 3.82.